The number of benzene rings is 1. The van der Waals surface area contributed by atoms with Crippen molar-refractivity contribution >= 4 is 12.3 Å². The van der Waals surface area contributed by atoms with Crippen LogP contribution < -0.4 is 9.62 Å². The summed E-state index contributed by atoms with van der Waals surface area (Å²) in [5.41, 5.74) is 0.446. The van der Waals surface area contributed by atoms with Gasteiger partial charge in [-0.15, -0.1) is 0 Å². The summed E-state index contributed by atoms with van der Waals surface area (Å²) in [7, 11) is 1.42. The van der Waals surface area contributed by atoms with Crippen molar-refractivity contribution in [3.05, 3.63) is 23.8 Å². The van der Waals surface area contributed by atoms with Crippen molar-refractivity contribution in [1.82, 2.24) is 0 Å². The third-order valence-electron chi connectivity index (χ3n) is 1.57. The largest absolute Gasteiger partial charge is 0.493 e. The van der Waals surface area contributed by atoms with Gasteiger partial charge in [-0.05, 0) is 18.2 Å². The zero-order valence-electron chi connectivity index (χ0n) is 8.35. The van der Waals surface area contributed by atoms with Crippen LogP contribution in [0.2, 0.25) is 0 Å². The van der Waals surface area contributed by atoms with Crippen LogP contribution in [0.4, 0.5) is 0 Å². The van der Waals surface area contributed by atoms with Crippen molar-refractivity contribution in [3.8, 4) is 11.5 Å². The van der Waals surface area contributed by atoms with Crippen LogP contribution in [-0.2, 0) is 9.68 Å². The van der Waals surface area contributed by atoms with Gasteiger partial charge in [0, 0.05) is 12.5 Å². The molecule has 0 bridgehead atoms. The van der Waals surface area contributed by atoms with Gasteiger partial charge in [0.2, 0.25) is 5.75 Å². The summed E-state index contributed by atoms with van der Waals surface area (Å²) in [4.78, 5) is 30.0. The van der Waals surface area contributed by atoms with Crippen LogP contribution in [0.3, 0.4) is 0 Å². The lowest BCUT2D eigenvalue weighted by Crippen LogP contribution is -2.04. The lowest BCUT2D eigenvalue weighted by Gasteiger charge is -2.07. The van der Waals surface area contributed by atoms with Crippen molar-refractivity contribution in [2.24, 2.45) is 0 Å². The van der Waals surface area contributed by atoms with E-state index in [1.54, 1.807) is 0 Å². The van der Waals surface area contributed by atoms with Crippen LogP contribution in [0.1, 0.15) is 17.3 Å². The topological polar surface area (TPSA) is 61.8 Å². The summed E-state index contributed by atoms with van der Waals surface area (Å²) in [5, 5.41) is 0. The number of hydrogen-bond donors (Lipinski definition) is 0. The van der Waals surface area contributed by atoms with E-state index in [4.69, 9.17) is 9.62 Å². The molecule has 0 aliphatic carbocycles. The van der Waals surface area contributed by atoms with E-state index >= 15 is 0 Å². The molecule has 0 fully saturated rings. The Morgan fingerprint density at radius 1 is 1.33 bits per heavy atom. The Hall–Kier alpha value is -2.04. The van der Waals surface area contributed by atoms with Gasteiger partial charge < -0.3 is 4.74 Å². The summed E-state index contributed by atoms with van der Waals surface area (Å²) >= 11 is 0. The molecule has 0 saturated carbocycles. The quantitative estimate of drug-likeness (QED) is 0.426. The van der Waals surface area contributed by atoms with Gasteiger partial charge in [-0.25, -0.2) is 4.79 Å². The first-order chi connectivity index (χ1) is 7.17. The molecule has 1 rings (SSSR count). The third kappa shape index (κ3) is 2.98. The molecule has 0 radical (unpaired) electrons. The van der Waals surface area contributed by atoms with E-state index in [1.165, 1.54) is 32.2 Å². The molecule has 0 unspecified atom stereocenters. The second kappa shape index (κ2) is 4.99. The van der Waals surface area contributed by atoms with E-state index in [1.807, 2.05) is 0 Å². The Kier molecular flexibility index (Phi) is 3.68. The van der Waals surface area contributed by atoms with Crippen LogP contribution >= 0.6 is 0 Å². The zero-order valence-corrected chi connectivity index (χ0v) is 8.35. The van der Waals surface area contributed by atoms with Gasteiger partial charge in [-0.2, -0.15) is 0 Å². The first-order valence-electron chi connectivity index (χ1n) is 4.15. The molecular weight excluding hydrogens is 200 g/mol. The van der Waals surface area contributed by atoms with Gasteiger partial charge in [-0.3, -0.25) is 14.6 Å². The predicted molar refractivity (Wildman–Crippen MR) is 50.8 cm³/mol. The van der Waals surface area contributed by atoms with Crippen molar-refractivity contribution in [1.29, 1.82) is 0 Å². The SMILES string of the molecule is COc1cc(C=O)ccc1OOC(C)=O. The Balaban J connectivity index is 2.87. The number of rotatable bonds is 4. The minimum absolute atomic E-state index is 0.235. The van der Waals surface area contributed by atoms with Crippen LogP contribution in [0.15, 0.2) is 18.2 Å². The van der Waals surface area contributed by atoms with E-state index in [0.717, 1.165) is 0 Å². The van der Waals surface area contributed by atoms with Gasteiger partial charge in [0.1, 0.15) is 6.29 Å². The van der Waals surface area contributed by atoms with Gasteiger partial charge >= 0.3 is 5.97 Å². The minimum atomic E-state index is -0.573. The summed E-state index contributed by atoms with van der Waals surface area (Å²) in [6.45, 7) is 1.21. The molecule has 80 valence electrons. The average Bonchev–Trinajstić information content (AvgIpc) is 2.25. The molecule has 5 heteroatoms. The highest BCUT2D eigenvalue weighted by molar-refractivity contribution is 5.76. The first-order valence-corrected chi connectivity index (χ1v) is 4.15. The maximum Gasteiger partial charge on any atom is 0.352 e. The molecule has 0 aromatic heterocycles. The van der Waals surface area contributed by atoms with E-state index in [2.05, 4.69) is 4.89 Å². The van der Waals surface area contributed by atoms with Gasteiger partial charge in [0.15, 0.2) is 5.75 Å². The summed E-state index contributed by atoms with van der Waals surface area (Å²) < 4.78 is 4.94. The second-order valence-corrected chi connectivity index (χ2v) is 2.69. The molecule has 0 N–H and O–H groups in total. The Morgan fingerprint density at radius 3 is 2.60 bits per heavy atom. The van der Waals surface area contributed by atoms with Gasteiger partial charge in [-0.1, -0.05) is 0 Å². The highest BCUT2D eigenvalue weighted by atomic mass is 17.2. The summed E-state index contributed by atoms with van der Waals surface area (Å²) in [5.74, 6) is -0.0179. The monoisotopic (exact) mass is 210 g/mol. The normalized spacial score (nSPS) is 9.20. The second-order valence-electron chi connectivity index (χ2n) is 2.69. The van der Waals surface area contributed by atoms with Gasteiger partial charge in [0.25, 0.3) is 0 Å². The number of methoxy groups -OCH3 is 1. The highest BCUT2D eigenvalue weighted by Gasteiger charge is 2.07. The number of carbonyl (C=O) groups is 2. The molecule has 0 spiro atoms. The smallest absolute Gasteiger partial charge is 0.352 e. The van der Waals surface area contributed by atoms with Crippen LogP contribution in [0, 0.1) is 0 Å². The van der Waals surface area contributed by atoms with Crippen molar-refractivity contribution in [2.75, 3.05) is 7.11 Å². The number of ether oxygens (including phenoxy) is 1. The fourth-order valence-corrected chi connectivity index (χ4v) is 0.930. The highest BCUT2D eigenvalue weighted by Crippen LogP contribution is 2.27. The Morgan fingerprint density at radius 2 is 2.07 bits per heavy atom. The maximum absolute atomic E-state index is 10.5. The number of hydrogen-bond acceptors (Lipinski definition) is 5. The molecule has 0 amide bonds. The standard InChI is InChI=1S/C10H10O5/c1-7(12)14-15-9-4-3-8(6-11)5-10(9)13-2/h3-6H,1-2H3. The van der Waals surface area contributed by atoms with Crippen LogP contribution in [0.5, 0.6) is 11.5 Å². The van der Waals surface area contributed by atoms with E-state index in [9.17, 15) is 9.59 Å². The molecule has 0 heterocycles. The van der Waals surface area contributed by atoms with Crippen LogP contribution in [-0.4, -0.2) is 19.4 Å². The van der Waals surface area contributed by atoms with Crippen molar-refractivity contribution in [2.45, 2.75) is 6.92 Å². The Labute approximate surface area is 86.5 Å². The molecular formula is C10H10O5. The summed E-state index contributed by atoms with van der Waals surface area (Å²) in [6, 6.07) is 4.48. The Bertz CT molecular complexity index is 372. The van der Waals surface area contributed by atoms with Crippen LogP contribution in [0.25, 0.3) is 0 Å². The molecule has 5 nitrogen and oxygen atoms in total. The number of aldehydes is 1. The lowest BCUT2D eigenvalue weighted by atomic mass is 10.2. The molecule has 0 aliphatic rings. The predicted octanol–water partition coefficient (Wildman–Crippen LogP) is 1.36. The first kappa shape index (κ1) is 11.0. The summed E-state index contributed by atoms with van der Waals surface area (Å²) in [6.07, 6.45) is 0.679. The number of carbonyl (C=O) groups excluding carboxylic acids is 2. The molecule has 1 aromatic carbocycles. The molecule has 0 aliphatic heterocycles. The van der Waals surface area contributed by atoms with Crippen molar-refractivity contribution in [3.63, 3.8) is 0 Å². The van der Waals surface area contributed by atoms with E-state index in [-0.39, 0.29) is 5.75 Å². The maximum atomic E-state index is 10.5. The average molecular weight is 210 g/mol. The molecule has 1 aromatic rings. The minimum Gasteiger partial charge on any atom is -0.493 e. The third-order valence-corrected chi connectivity index (χ3v) is 1.57. The van der Waals surface area contributed by atoms with E-state index in [0.29, 0.717) is 17.6 Å². The van der Waals surface area contributed by atoms with E-state index < -0.39 is 5.97 Å². The fraction of sp³-hybridized carbons (Fsp3) is 0.200. The van der Waals surface area contributed by atoms with Crippen molar-refractivity contribution < 1.29 is 24.1 Å². The van der Waals surface area contributed by atoms with Gasteiger partial charge in [0.05, 0.1) is 7.11 Å². The molecule has 15 heavy (non-hydrogen) atoms. The fourth-order valence-electron chi connectivity index (χ4n) is 0.930. The molecule has 0 saturated heterocycles. The lowest BCUT2D eigenvalue weighted by molar-refractivity contribution is -0.211. The zero-order chi connectivity index (χ0) is 11.3. The molecule has 0 atom stereocenters.